The molecule has 37 heavy (non-hydrogen) atoms. The summed E-state index contributed by atoms with van der Waals surface area (Å²) >= 11 is 0. The number of nitriles is 1. The highest BCUT2D eigenvalue weighted by atomic mass is 19.3. The van der Waals surface area contributed by atoms with E-state index in [1.165, 1.54) is 12.1 Å². The SMILES string of the molecule is Cc1ccc2c(Cc3cc(C(C)(F)F)cc(C(C)(C)C#N)c3)noc2c1C#Cc1cnc2cccnn12. The molecule has 0 saturated carbocycles. The summed E-state index contributed by atoms with van der Waals surface area (Å²) in [5, 5.41) is 18.9. The zero-order valence-electron chi connectivity index (χ0n) is 20.8. The maximum absolute atomic E-state index is 14.3. The average molecular weight is 496 g/mol. The monoisotopic (exact) mass is 495 g/mol. The van der Waals surface area contributed by atoms with E-state index in [1.54, 1.807) is 36.8 Å². The molecular formula is C29H23F2N5O. The zero-order chi connectivity index (χ0) is 26.4. The maximum atomic E-state index is 14.3. The molecule has 3 heterocycles. The molecular weight excluding hydrogens is 472 g/mol. The summed E-state index contributed by atoms with van der Waals surface area (Å²) in [5.74, 6) is 3.24. The van der Waals surface area contributed by atoms with Crippen LogP contribution in [0.1, 0.15) is 60.0 Å². The van der Waals surface area contributed by atoms with Crippen LogP contribution in [0.3, 0.4) is 0 Å². The number of imidazole rings is 1. The van der Waals surface area contributed by atoms with Gasteiger partial charge in [-0.1, -0.05) is 23.2 Å². The summed E-state index contributed by atoms with van der Waals surface area (Å²) in [6.07, 6.45) is 3.59. The molecule has 0 unspecified atom stereocenters. The third-order valence-corrected chi connectivity index (χ3v) is 6.39. The molecule has 0 aliphatic rings. The number of fused-ring (bicyclic) bond motifs is 2. The minimum atomic E-state index is -3.05. The van der Waals surface area contributed by atoms with Crippen LogP contribution in [0.25, 0.3) is 16.6 Å². The summed E-state index contributed by atoms with van der Waals surface area (Å²) < 4.78 is 36.0. The number of hydrogen-bond acceptors (Lipinski definition) is 5. The molecule has 0 atom stereocenters. The van der Waals surface area contributed by atoms with Crippen molar-refractivity contribution in [2.75, 3.05) is 0 Å². The van der Waals surface area contributed by atoms with Crippen molar-refractivity contribution in [3.05, 3.63) is 94.1 Å². The number of aryl methyl sites for hydroxylation is 1. The second-order valence-electron chi connectivity index (χ2n) is 9.67. The summed E-state index contributed by atoms with van der Waals surface area (Å²) in [7, 11) is 0. The van der Waals surface area contributed by atoms with E-state index < -0.39 is 11.3 Å². The fourth-order valence-electron chi connectivity index (χ4n) is 4.14. The largest absolute Gasteiger partial charge is 0.355 e. The first-order valence-electron chi connectivity index (χ1n) is 11.7. The van der Waals surface area contributed by atoms with Crippen molar-refractivity contribution in [3.8, 4) is 17.9 Å². The highest BCUT2D eigenvalue weighted by Gasteiger charge is 2.29. The predicted octanol–water partition coefficient (Wildman–Crippen LogP) is 6.08. The van der Waals surface area contributed by atoms with Gasteiger partial charge in [0.05, 0.1) is 28.9 Å². The third kappa shape index (κ3) is 4.54. The quantitative estimate of drug-likeness (QED) is 0.282. The highest BCUT2D eigenvalue weighted by molar-refractivity contribution is 5.86. The molecule has 0 N–H and O–H groups in total. The van der Waals surface area contributed by atoms with Gasteiger partial charge in [-0.15, -0.1) is 0 Å². The fraction of sp³-hybridized carbons (Fsp3) is 0.241. The minimum Gasteiger partial charge on any atom is -0.355 e. The topological polar surface area (TPSA) is 80.0 Å². The molecule has 0 radical (unpaired) electrons. The van der Waals surface area contributed by atoms with Crippen LogP contribution in [0, 0.1) is 30.1 Å². The number of hydrogen-bond donors (Lipinski definition) is 0. The van der Waals surface area contributed by atoms with E-state index in [-0.39, 0.29) is 12.0 Å². The molecule has 0 aliphatic carbocycles. The van der Waals surface area contributed by atoms with Crippen LogP contribution < -0.4 is 0 Å². The van der Waals surface area contributed by atoms with E-state index >= 15 is 0 Å². The molecule has 184 valence electrons. The highest BCUT2D eigenvalue weighted by Crippen LogP contribution is 2.34. The van der Waals surface area contributed by atoms with Gasteiger partial charge in [0.25, 0.3) is 5.92 Å². The Balaban J connectivity index is 1.56. The molecule has 0 spiro atoms. The number of rotatable bonds is 4. The number of alkyl halides is 2. The van der Waals surface area contributed by atoms with Crippen molar-refractivity contribution >= 4 is 16.6 Å². The second-order valence-corrected chi connectivity index (χ2v) is 9.67. The molecule has 3 aromatic heterocycles. The van der Waals surface area contributed by atoms with E-state index in [2.05, 4.69) is 33.1 Å². The number of nitrogens with zero attached hydrogens (tertiary/aromatic N) is 5. The summed E-state index contributed by atoms with van der Waals surface area (Å²) in [6, 6.07) is 14.3. The van der Waals surface area contributed by atoms with Crippen molar-refractivity contribution in [1.82, 2.24) is 19.8 Å². The van der Waals surface area contributed by atoms with E-state index in [9.17, 15) is 14.0 Å². The normalized spacial score (nSPS) is 11.9. The van der Waals surface area contributed by atoms with Crippen LogP contribution in [0.5, 0.6) is 0 Å². The Bertz CT molecular complexity index is 1760. The average Bonchev–Trinajstić information content (AvgIpc) is 3.47. The standard InChI is InChI=1S/C29H23F2N5O/c1-18-7-9-24-25(14-19-12-20(28(2,3)17-32)15-21(13-19)29(4,30)31)35-37-27(24)23(18)10-8-22-16-33-26-6-5-11-34-36(22)26/h5-7,9,11-13,15-16H,14H2,1-4H3. The van der Waals surface area contributed by atoms with Gasteiger partial charge >= 0.3 is 0 Å². The lowest BCUT2D eigenvalue weighted by Gasteiger charge is -2.20. The van der Waals surface area contributed by atoms with Crippen molar-refractivity contribution < 1.29 is 13.3 Å². The zero-order valence-corrected chi connectivity index (χ0v) is 20.8. The lowest BCUT2D eigenvalue weighted by molar-refractivity contribution is 0.0173. The molecule has 6 nitrogen and oxygen atoms in total. The molecule has 5 aromatic rings. The van der Waals surface area contributed by atoms with Gasteiger partial charge < -0.3 is 4.52 Å². The molecule has 0 saturated heterocycles. The van der Waals surface area contributed by atoms with E-state index in [1.807, 2.05) is 31.2 Å². The first-order valence-corrected chi connectivity index (χ1v) is 11.7. The van der Waals surface area contributed by atoms with Crippen LogP contribution in [-0.4, -0.2) is 19.8 Å². The van der Waals surface area contributed by atoms with Gasteiger partial charge in [-0.05, 0) is 73.7 Å². The Morgan fingerprint density at radius 2 is 1.84 bits per heavy atom. The van der Waals surface area contributed by atoms with Gasteiger partial charge in [0, 0.05) is 30.5 Å². The predicted molar refractivity (Wildman–Crippen MR) is 135 cm³/mol. The fourth-order valence-corrected chi connectivity index (χ4v) is 4.14. The molecule has 8 heteroatoms. The summed E-state index contributed by atoms with van der Waals surface area (Å²) in [6.45, 7) is 6.21. The van der Waals surface area contributed by atoms with Crippen LogP contribution in [-0.2, 0) is 17.8 Å². The Morgan fingerprint density at radius 1 is 1.05 bits per heavy atom. The van der Waals surface area contributed by atoms with Gasteiger partial charge in [0.1, 0.15) is 5.69 Å². The van der Waals surface area contributed by atoms with Gasteiger partial charge in [-0.3, -0.25) is 0 Å². The van der Waals surface area contributed by atoms with E-state index in [0.29, 0.717) is 39.3 Å². The van der Waals surface area contributed by atoms with Gasteiger partial charge in [-0.25, -0.2) is 18.3 Å². The molecule has 0 fully saturated rings. The van der Waals surface area contributed by atoms with E-state index in [0.717, 1.165) is 17.9 Å². The van der Waals surface area contributed by atoms with Crippen molar-refractivity contribution in [3.63, 3.8) is 0 Å². The number of halogens is 2. The number of aromatic nitrogens is 4. The Kier molecular flexibility index (Phi) is 5.76. The first kappa shape index (κ1) is 24.1. The van der Waals surface area contributed by atoms with Crippen LogP contribution in [0.15, 0.2) is 59.4 Å². The van der Waals surface area contributed by atoms with Crippen LogP contribution in [0.4, 0.5) is 8.78 Å². The Labute approximate surface area is 212 Å². The summed E-state index contributed by atoms with van der Waals surface area (Å²) in [5.41, 5.74) is 4.15. The molecule has 2 aromatic carbocycles. The van der Waals surface area contributed by atoms with E-state index in [4.69, 9.17) is 4.52 Å². The van der Waals surface area contributed by atoms with Crippen LogP contribution >= 0.6 is 0 Å². The van der Waals surface area contributed by atoms with Crippen molar-refractivity contribution in [2.45, 2.75) is 45.5 Å². The number of benzene rings is 2. The van der Waals surface area contributed by atoms with Crippen LogP contribution in [0.2, 0.25) is 0 Å². The Morgan fingerprint density at radius 3 is 2.59 bits per heavy atom. The molecule has 0 aliphatic heterocycles. The van der Waals surface area contributed by atoms with Gasteiger partial charge in [0.2, 0.25) is 0 Å². The van der Waals surface area contributed by atoms with Crippen molar-refractivity contribution in [2.24, 2.45) is 0 Å². The summed E-state index contributed by atoms with van der Waals surface area (Å²) in [4.78, 5) is 4.31. The minimum absolute atomic E-state index is 0.139. The maximum Gasteiger partial charge on any atom is 0.270 e. The molecule has 5 rings (SSSR count). The lowest BCUT2D eigenvalue weighted by atomic mass is 9.83. The lowest BCUT2D eigenvalue weighted by Crippen LogP contribution is -2.17. The van der Waals surface area contributed by atoms with Gasteiger partial charge in [-0.2, -0.15) is 10.4 Å². The molecule has 0 amide bonds. The smallest absolute Gasteiger partial charge is 0.270 e. The third-order valence-electron chi connectivity index (χ3n) is 6.39. The van der Waals surface area contributed by atoms with Crippen molar-refractivity contribution in [1.29, 1.82) is 5.26 Å². The Hall–Kier alpha value is -4.56. The van der Waals surface area contributed by atoms with Gasteiger partial charge in [0.15, 0.2) is 11.2 Å². The first-order chi connectivity index (χ1) is 17.6. The molecule has 0 bridgehead atoms. The second kappa shape index (κ2) is 8.83.